The maximum atomic E-state index is 13.2. The molecule has 1 aromatic heterocycles. The Labute approximate surface area is 203 Å². The first-order valence-corrected chi connectivity index (χ1v) is 13.0. The van der Waals surface area contributed by atoms with Gasteiger partial charge in [0.25, 0.3) is 0 Å². The Hall–Kier alpha value is -3.23. The number of nitrogens with one attached hydrogen (secondary N) is 1. The largest absolute Gasteiger partial charge is 0.495 e. The van der Waals surface area contributed by atoms with E-state index in [-0.39, 0.29) is 10.7 Å². The summed E-state index contributed by atoms with van der Waals surface area (Å²) < 4.78 is 33.7. The molecule has 0 unspecified atom stereocenters. The van der Waals surface area contributed by atoms with Gasteiger partial charge in [0, 0.05) is 34.0 Å². The van der Waals surface area contributed by atoms with Gasteiger partial charge in [0.15, 0.2) is 0 Å². The molecule has 1 amide bonds. The summed E-state index contributed by atoms with van der Waals surface area (Å²) in [6.07, 6.45) is 1.06. The average Bonchev–Trinajstić information content (AvgIpc) is 3.11. The molecule has 0 aliphatic heterocycles. The van der Waals surface area contributed by atoms with Crippen LogP contribution in [0.2, 0.25) is 5.02 Å². The molecule has 0 fully saturated rings. The van der Waals surface area contributed by atoms with Crippen molar-refractivity contribution in [2.45, 2.75) is 26.4 Å². The number of ether oxygens (including phenoxy) is 1. The molecule has 0 aliphatic carbocycles. The van der Waals surface area contributed by atoms with E-state index >= 15 is 0 Å². The molecule has 9 heteroatoms. The second-order valence-corrected chi connectivity index (χ2v) is 10.3. The fraction of sp³-hybridized carbons (Fsp3) is 0.240. The van der Waals surface area contributed by atoms with E-state index in [9.17, 15) is 13.2 Å². The smallest absolute Gasteiger partial charge is 0.247 e. The molecule has 0 aliphatic rings. The monoisotopic (exact) mass is 499 g/mol. The maximum Gasteiger partial charge on any atom is 0.247 e. The van der Waals surface area contributed by atoms with Crippen LogP contribution in [0, 0.1) is 0 Å². The fourth-order valence-corrected chi connectivity index (χ4v) is 5.74. The molecule has 1 N–H and O–H groups in total. The lowest BCUT2D eigenvalue weighted by Crippen LogP contribution is -2.45. The Bertz CT molecular complexity index is 1500. The molecule has 3 aromatic carbocycles. The van der Waals surface area contributed by atoms with Crippen LogP contribution in [0.15, 0.2) is 60.7 Å². The third-order valence-corrected chi connectivity index (χ3v) is 7.37. The number of nitrogens with zero attached hydrogens (tertiary/aromatic N) is 2. The number of hydrogen-bond acceptors (Lipinski definition) is 4. The first-order chi connectivity index (χ1) is 16.2. The molecule has 0 radical (unpaired) electrons. The predicted molar refractivity (Wildman–Crippen MR) is 139 cm³/mol. The van der Waals surface area contributed by atoms with Crippen LogP contribution in [0.3, 0.4) is 0 Å². The van der Waals surface area contributed by atoms with E-state index in [2.05, 4.69) is 28.9 Å². The van der Waals surface area contributed by atoms with Gasteiger partial charge < -0.3 is 14.6 Å². The predicted octanol–water partition coefficient (Wildman–Crippen LogP) is 5.27. The number of halogens is 1. The van der Waals surface area contributed by atoms with Gasteiger partial charge in [-0.15, -0.1) is 0 Å². The normalized spacial score (nSPS) is 12.6. The van der Waals surface area contributed by atoms with Crippen molar-refractivity contribution < 1.29 is 17.9 Å². The number of aryl methyl sites for hydroxylation is 1. The highest BCUT2D eigenvalue weighted by molar-refractivity contribution is 7.92. The lowest BCUT2D eigenvalue weighted by Gasteiger charge is -2.28. The number of benzene rings is 3. The van der Waals surface area contributed by atoms with Crippen LogP contribution >= 0.6 is 11.6 Å². The minimum atomic E-state index is -3.78. The molecular weight excluding hydrogens is 474 g/mol. The van der Waals surface area contributed by atoms with Gasteiger partial charge in [-0.25, -0.2) is 8.42 Å². The zero-order valence-electron chi connectivity index (χ0n) is 19.4. The topological polar surface area (TPSA) is 80.6 Å². The number of carbonyl (C=O) groups is 1. The summed E-state index contributed by atoms with van der Waals surface area (Å²) in [4.78, 5) is 13.2. The quantitative estimate of drug-likeness (QED) is 0.375. The standard InChI is InChI=1S/C25H26ClN3O4S/c1-5-28-22-9-7-6-8-19(22)20-14-17(10-12-23(20)28)27-25(30)16(2)29(34(4,31)32)18-11-13-24(33-3)21(26)15-18/h6-16H,5H2,1-4H3,(H,27,30)/t16-/m0/s1. The minimum absolute atomic E-state index is 0.249. The number of para-hydroxylation sites is 1. The number of anilines is 2. The van der Waals surface area contributed by atoms with Crippen LogP contribution in [0.5, 0.6) is 5.75 Å². The molecular formula is C25H26ClN3O4S. The van der Waals surface area contributed by atoms with Gasteiger partial charge in [0.1, 0.15) is 11.8 Å². The van der Waals surface area contributed by atoms with E-state index in [0.717, 1.165) is 38.9 Å². The Morgan fingerprint density at radius 2 is 1.79 bits per heavy atom. The molecule has 178 valence electrons. The number of carbonyl (C=O) groups excluding carboxylic acids is 1. The Morgan fingerprint density at radius 3 is 2.44 bits per heavy atom. The van der Waals surface area contributed by atoms with Gasteiger partial charge in [-0.1, -0.05) is 29.8 Å². The number of rotatable bonds is 7. The summed E-state index contributed by atoms with van der Waals surface area (Å²) in [6.45, 7) is 4.45. The number of fused-ring (bicyclic) bond motifs is 3. The molecule has 1 heterocycles. The van der Waals surface area contributed by atoms with Crippen molar-refractivity contribution in [3.05, 3.63) is 65.7 Å². The summed E-state index contributed by atoms with van der Waals surface area (Å²) >= 11 is 6.21. The number of hydrogen-bond donors (Lipinski definition) is 1. The number of methoxy groups -OCH3 is 1. The number of amides is 1. The highest BCUT2D eigenvalue weighted by Crippen LogP contribution is 2.33. The van der Waals surface area contributed by atoms with Gasteiger partial charge in [0.05, 0.1) is 24.1 Å². The van der Waals surface area contributed by atoms with Crippen molar-refractivity contribution in [1.29, 1.82) is 0 Å². The second-order valence-electron chi connectivity index (χ2n) is 8.04. The van der Waals surface area contributed by atoms with Crippen LogP contribution in [-0.2, 0) is 21.4 Å². The average molecular weight is 500 g/mol. The van der Waals surface area contributed by atoms with Crippen LogP contribution in [0.1, 0.15) is 13.8 Å². The first kappa shape index (κ1) is 23.9. The molecule has 34 heavy (non-hydrogen) atoms. The third-order valence-electron chi connectivity index (χ3n) is 5.83. The van der Waals surface area contributed by atoms with Crippen LogP contribution < -0.4 is 14.4 Å². The van der Waals surface area contributed by atoms with Crippen molar-refractivity contribution in [2.24, 2.45) is 0 Å². The summed E-state index contributed by atoms with van der Waals surface area (Å²) in [6, 6.07) is 17.4. The Balaban J connectivity index is 1.68. The first-order valence-electron chi connectivity index (χ1n) is 10.8. The van der Waals surface area contributed by atoms with Crippen LogP contribution in [0.4, 0.5) is 11.4 Å². The Kier molecular flexibility index (Phi) is 6.47. The third kappa shape index (κ3) is 4.31. The molecule has 0 saturated carbocycles. The molecule has 4 aromatic rings. The van der Waals surface area contributed by atoms with Gasteiger partial charge in [-0.2, -0.15) is 0 Å². The van der Waals surface area contributed by atoms with E-state index in [1.165, 1.54) is 20.1 Å². The lowest BCUT2D eigenvalue weighted by atomic mass is 10.1. The molecule has 7 nitrogen and oxygen atoms in total. The summed E-state index contributed by atoms with van der Waals surface area (Å²) in [7, 11) is -2.31. The maximum absolute atomic E-state index is 13.2. The summed E-state index contributed by atoms with van der Waals surface area (Å²) in [5.74, 6) is -0.0496. The van der Waals surface area contributed by atoms with Gasteiger partial charge in [-0.05, 0) is 56.3 Å². The molecule has 1 atom stereocenters. The number of sulfonamides is 1. The van der Waals surface area contributed by atoms with Crippen molar-refractivity contribution in [2.75, 3.05) is 23.0 Å². The van der Waals surface area contributed by atoms with Gasteiger partial charge >= 0.3 is 0 Å². The highest BCUT2D eigenvalue weighted by Gasteiger charge is 2.30. The summed E-state index contributed by atoms with van der Waals surface area (Å²) in [5, 5.41) is 5.23. The van der Waals surface area contributed by atoms with Crippen LogP contribution in [-0.4, -0.2) is 38.3 Å². The summed E-state index contributed by atoms with van der Waals surface area (Å²) in [5.41, 5.74) is 3.05. The molecule has 0 saturated heterocycles. The Morgan fingerprint density at radius 1 is 1.09 bits per heavy atom. The van der Waals surface area contributed by atoms with E-state index in [1.54, 1.807) is 12.1 Å². The van der Waals surface area contributed by atoms with E-state index < -0.39 is 22.0 Å². The van der Waals surface area contributed by atoms with E-state index in [0.29, 0.717) is 11.4 Å². The van der Waals surface area contributed by atoms with Crippen LogP contribution in [0.25, 0.3) is 21.8 Å². The van der Waals surface area contributed by atoms with Crippen molar-refractivity contribution in [3.8, 4) is 5.75 Å². The molecule has 4 rings (SSSR count). The minimum Gasteiger partial charge on any atom is -0.495 e. The van der Waals surface area contributed by atoms with Crippen molar-refractivity contribution >= 4 is 60.7 Å². The zero-order chi connectivity index (χ0) is 24.6. The van der Waals surface area contributed by atoms with E-state index in [1.807, 2.05) is 30.3 Å². The zero-order valence-corrected chi connectivity index (χ0v) is 20.9. The second kappa shape index (κ2) is 9.19. The molecule has 0 bridgehead atoms. The van der Waals surface area contributed by atoms with Crippen molar-refractivity contribution in [3.63, 3.8) is 0 Å². The number of aromatic nitrogens is 1. The van der Waals surface area contributed by atoms with E-state index in [4.69, 9.17) is 16.3 Å². The molecule has 0 spiro atoms. The van der Waals surface area contributed by atoms with Gasteiger partial charge in [0.2, 0.25) is 15.9 Å². The van der Waals surface area contributed by atoms with Gasteiger partial charge in [-0.3, -0.25) is 9.10 Å². The highest BCUT2D eigenvalue weighted by atomic mass is 35.5. The SMILES string of the molecule is CCn1c2ccccc2c2cc(NC(=O)[C@H](C)N(c3ccc(OC)c(Cl)c3)S(C)(=O)=O)ccc21. The van der Waals surface area contributed by atoms with Crippen molar-refractivity contribution in [1.82, 2.24) is 4.57 Å². The fourth-order valence-electron chi connectivity index (χ4n) is 4.32. The lowest BCUT2D eigenvalue weighted by molar-refractivity contribution is -0.116.